The quantitative estimate of drug-likeness (QED) is 0.365. The van der Waals surface area contributed by atoms with E-state index in [0.717, 1.165) is 16.5 Å². The first kappa shape index (κ1) is 27.4. The third kappa shape index (κ3) is 5.78. The average Bonchev–Trinajstić information content (AvgIpc) is 2.93. The van der Waals surface area contributed by atoms with Crippen LogP contribution in [-0.4, -0.2) is 69.8 Å². The van der Waals surface area contributed by atoms with Crippen molar-refractivity contribution in [3.63, 3.8) is 0 Å². The maximum Gasteiger partial charge on any atom is 0.342 e. The van der Waals surface area contributed by atoms with Crippen LogP contribution in [0.3, 0.4) is 0 Å². The summed E-state index contributed by atoms with van der Waals surface area (Å²) in [6.45, 7) is 6.79. The molecular weight excluding hydrogens is 548 g/mol. The van der Waals surface area contributed by atoms with E-state index in [4.69, 9.17) is 4.74 Å². The summed E-state index contributed by atoms with van der Waals surface area (Å²) in [5.41, 5.74) is 2.00. The Morgan fingerprint density at radius 1 is 0.974 bits per heavy atom. The Balaban J connectivity index is 1.68. The van der Waals surface area contributed by atoms with Crippen molar-refractivity contribution in [1.29, 1.82) is 0 Å². The first-order chi connectivity index (χ1) is 18.3. The van der Waals surface area contributed by atoms with E-state index in [1.807, 2.05) is 62.4 Å². The highest BCUT2D eigenvalue weighted by Gasteiger charge is 2.35. The average molecular weight is 579 g/mol. The fourth-order valence-corrected chi connectivity index (χ4v) is 5.05. The number of hydrogen-bond donors (Lipinski definition) is 0. The van der Waals surface area contributed by atoms with E-state index < -0.39 is 5.97 Å². The van der Waals surface area contributed by atoms with Crippen LogP contribution in [-0.2, 0) is 11.2 Å². The molecule has 1 saturated heterocycles. The van der Waals surface area contributed by atoms with Gasteiger partial charge in [0.2, 0.25) is 0 Å². The van der Waals surface area contributed by atoms with Gasteiger partial charge in [-0.2, -0.15) is 0 Å². The van der Waals surface area contributed by atoms with Crippen molar-refractivity contribution < 1.29 is 19.1 Å². The lowest BCUT2D eigenvalue weighted by Gasteiger charge is -2.40. The number of rotatable bonds is 7. The summed E-state index contributed by atoms with van der Waals surface area (Å²) in [6, 6.07) is 16.5. The van der Waals surface area contributed by atoms with Crippen molar-refractivity contribution in [3.05, 3.63) is 81.6 Å². The number of halogens is 1. The van der Waals surface area contributed by atoms with Crippen molar-refractivity contribution in [2.75, 3.05) is 26.2 Å². The van der Waals surface area contributed by atoms with Crippen molar-refractivity contribution in [3.8, 4) is 11.4 Å². The molecule has 0 aliphatic carbocycles. The van der Waals surface area contributed by atoms with Crippen LogP contribution in [0, 0.1) is 0 Å². The summed E-state index contributed by atoms with van der Waals surface area (Å²) in [7, 11) is 0. The number of nitrogens with zero attached hydrogens (tertiary/aromatic N) is 4. The lowest BCUT2D eigenvalue weighted by molar-refractivity contribution is 0.0405. The van der Waals surface area contributed by atoms with Gasteiger partial charge in [0.15, 0.2) is 5.82 Å². The number of aryl methyl sites for hydroxylation is 1. The van der Waals surface area contributed by atoms with Gasteiger partial charge < -0.3 is 14.5 Å². The summed E-state index contributed by atoms with van der Waals surface area (Å²) >= 11 is 3.46. The maximum absolute atomic E-state index is 13.9. The Morgan fingerprint density at radius 3 is 2.34 bits per heavy atom. The number of aromatic nitrogens is 2. The molecule has 1 atom stereocenters. The molecule has 38 heavy (non-hydrogen) atoms. The molecule has 198 valence electrons. The van der Waals surface area contributed by atoms with E-state index in [-0.39, 0.29) is 35.7 Å². The van der Waals surface area contributed by atoms with Gasteiger partial charge in [0, 0.05) is 35.7 Å². The molecule has 0 bridgehead atoms. The molecule has 2 heterocycles. The third-order valence-corrected chi connectivity index (χ3v) is 7.16. The van der Waals surface area contributed by atoms with E-state index in [2.05, 4.69) is 25.9 Å². The second-order valence-corrected chi connectivity index (χ2v) is 9.99. The number of benzene rings is 2. The van der Waals surface area contributed by atoms with Crippen molar-refractivity contribution in [2.24, 2.45) is 0 Å². The van der Waals surface area contributed by atoms with Crippen LogP contribution in [0.25, 0.3) is 11.4 Å². The predicted molar refractivity (Wildman–Crippen MR) is 148 cm³/mol. The van der Waals surface area contributed by atoms with Gasteiger partial charge >= 0.3 is 5.97 Å². The van der Waals surface area contributed by atoms with Gasteiger partial charge in [-0.1, -0.05) is 55.8 Å². The molecule has 9 heteroatoms. The molecular formula is C29H31BrN4O4. The van der Waals surface area contributed by atoms with Crippen LogP contribution in [0.2, 0.25) is 0 Å². The molecule has 0 saturated carbocycles. The summed E-state index contributed by atoms with van der Waals surface area (Å²) in [6.07, 6.45) is 1.24. The molecule has 3 aromatic rings. The number of carbonyl (C=O) groups excluding carboxylic acids is 3. The van der Waals surface area contributed by atoms with Crippen LogP contribution in [0.1, 0.15) is 64.1 Å². The van der Waals surface area contributed by atoms with Gasteiger partial charge in [-0.3, -0.25) is 9.59 Å². The summed E-state index contributed by atoms with van der Waals surface area (Å²) in [5, 5.41) is 0. The number of amides is 2. The van der Waals surface area contributed by atoms with E-state index in [1.165, 1.54) is 0 Å². The van der Waals surface area contributed by atoms with Crippen LogP contribution in [0.4, 0.5) is 0 Å². The lowest BCUT2D eigenvalue weighted by Crippen LogP contribution is -2.55. The summed E-state index contributed by atoms with van der Waals surface area (Å²) in [4.78, 5) is 52.9. The zero-order valence-corrected chi connectivity index (χ0v) is 23.4. The minimum atomic E-state index is -0.602. The predicted octanol–water partition coefficient (Wildman–Crippen LogP) is 5.02. The minimum absolute atomic E-state index is 0.0403. The van der Waals surface area contributed by atoms with E-state index in [9.17, 15) is 14.4 Å². The van der Waals surface area contributed by atoms with Crippen LogP contribution in [0.15, 0.2) is 59.1 Å². The maximum atomic E-state index is 13.9. The molecule has 4 rings (SSSR count). The van der Waals surface area contributed by atoms with Crippen molar-refractivity contribution in [2.45, 2.75) is 39.7 Å². The van der Waals surface area contributed by atoms with E-state index in [1.54, 1.807) is 22.8 Å². The Bertz CT molecular complexity index is 1330. The summed E-state index contributed by atoms with van der Waals surface area (Å²) in [5.74, 6) is -0.677. The molecule has 1 aliphatic rings. The highest BCUT2D eigenvalue weighted by atomic mass is 79.9. The molecule has 0 radical (unpaired) electrons. The molecule has 1 aliphatic heterocycles. The van der Waals surface area contributed by atoms with E-state index >= 15 is 0 Å². The first-order valence-electron chi connectivity index (χ1n) is 12.8. The highest BCUT2D eigenvalue weighted by molar-refractivity contribution is 9.10. The molecule has 2 amide bonds. The largest absolute Gasteiger partial charge is 0.462 e. The Morgan fingerprint density at radius 2 is 1.68 bits per heavy atom. The molecule has 0 spiro atoms. The lowest BCUT2D eigenvalue weighted by atomic mass is 10.0. The van der Waals surface area contributed by atoms with Gasteiger partial charge in [0.25, 0.3) is 11.8 Å². The van der Waals surface area contributed by atoms with Gasteiger partial charge in [-0.25, -0.2) is 14.8 Å². The monoisotopic (exact) mass is 578 g/mol. The first-order valence-corrected chi connectivity index (χ1v) is 13.6. The fraction of sp³-hybridized carbons (Fsp3) is 0.345. The Labute approximate surface area is 231 Å². The van der Waals surface area contributed by atoms with Gasteiger partial charge in [-0.05, 0) is 48.3 Å². The number of esters is 1. The standard InChI is InChI=1S/C29H31BrN4O4/c1-4-11-23-24(29(37)38-5-2)25(32-26(31-23)20-12-7-6-8-13-20)28(36)33-16-17-34(19(3)18-33)27(35)21-14-9-10-15-22(21)30/h6-10,12-15,19H,4-5,11,16-18H2,1-3H3. The topological polar surface area (TPSA) is 92.7 Å². The highest BCUT2D eigenvalue weighted by Crippen LogP contribution is 2.25. The van der Waals surface area contributed by atoms with Gasteiger partial charge in [-0.15, -0.1) is 0 Å². The fourth-order valence-electron chi connectivity index (χ4n) is 4.60. The number of ether oxygens (including phenoxy) is 1. The van der Waals surface area contributed by atoms with Crippen LogP contribution < -0.4 is 0 Å². The molecule has 8 nitrogen and oxygen atoms in total. The molecule has 2 aromatic carbocycles. The summed E-state index contributed by atoms with van der Waals surface area (Å²) < 4.78 is 6.05. The molecule has 1 aromatic heterocycles. The van der Waals surface area contributed by atoms with Crippen LogP contribution >= 0.6 is 15.9 Å². The molecule has 0 N–H and O–H groups in total. The second kappa shape index (κ2) is 12.3. The zero-order valence-electron chi connectivity index (χ0n) is 21.8. The zero-order chi connectivity index (χ0) is 27.2. The Kier molecular flexibility index (Phi) is 8.89. The SMILES string of the molecule is CCCc1nc(-c2ccccc2)nc(C(=O)N2CCN(C(=O)c3ccccc3Br)C(C)C2)c1C(=O)OCC. The smallest absolute Gasteiger partial charge is 0.342 e. The number of piperazine rings is 1. The molecule has 1 fully saturated rings. The normalized spacial score (nSPS) is 15.3. The third-order valence-electron chi connectivity index (χ3n) is 6.46. The minimum Gasteiger partial charge on any atom is -0.462 e. The number of carbonyl (C=O) groups is 3. The van der Waals surface area contributed by atoms with Crippen molar-refractivity contribution in [1.82, 2.24) is 19.8 Å². The Hall–Kier alpha value is -3.59. The second-order valence-electron chi connectivity index (χ2n) is 9.13. The number of hydrogen-bond acceptors (Lipinski definition) is 6. The van der Waals surface area contributed by atoms with E-state index in [0.29, 0.717) is 43.1 Å². The van der Waals surface area contributed by atoms with Gasteiger partial charge in [0.05, 0.1) is 17.9 Å². The molecule has 1 unspecified atom stereocenters. The van der Waals surface area contributed by atoms with Crippen LogP contribution in [0.5, 0.6) is 0 Å². The van der Waals surface area contributed by atoms with Crippen molar-refractivity contribution >= 4 is 33.7 Å². The van der Waals surface area contributed by atoms with Gasteiger partial charge in [0.1, 0.15) is 11.3 Å².